The zero-order valence-corrected chi connectivity index (χ0v) is 20.0. The molecule has 1 unspecified atom stereocenters. The summed E-state index contributed by atoms with van der Waals surface area (Å²) in [4.78, 5) is 26.5. The van der Waals surface area contributed by atoms with Crippen LogP contribution in [0.4, 0.5) is 11.4 Å². The Morgan fingerprint density at radius 2 is 1.50 bits per heavy atom. The van der Waals surface area contributed by atoms with E-state index in [2.05, 4.69) is 23.6 Å². The topological polar surface area (TPSA) is 58.2 Å². The molecule has 4 aromatic rings. The normalized spacial score (nSPS) is 11.7. The van der Waals surface area contributed by atoms with Crippen molar-refractivity contribution in [3.05, 3.63) is 103 Å². The smallest absolute Gasteiger partial charge is 0.242 e. The van der Waals surface area contributed by atoms with Crippen LogP contribution < -0.4 is 10.6 Å². The second kappa shape index (κ2) is 11.5. The van der Waals surface area contributed by atoms with Crippen LogP contribution in [-0.4, -0.2) is 11.8 Å². The largest absolute Gasteiger partial charge is 0.326 e. The van der Waals surface area contributed by atoms with E-state index in [1.807, 2.05) is 91.0 Å². The van der Waals surface area contributed by atoms with Gasteiger partial charge in [0.15, 0.2) is 0 Å². The molecule has 0 saturated carbocycles. The molecule has 0 radical (unpaired) electrons. The summed E-state index contributed by atoms with van der Waals surface area (Å²) in [6, 6.07) is 31.4. The minimum atomic E-state index is -0.446. The lowest BCUT2D eigenvalue weighted by Crippen LogP contribution is -2.19. The molecule has 172 valence electrons. The Kier molecular flexibility index (Phi) is 7.99. The Morgan fingerprint density at radius 3 is 2.29 bits per heavy atom. The van der Waals surface area contributed by atoms with Gasteiger partial charge in [0.1, 0.15) is 5.25 Å². The zero-order valence-electron chi connectivity index (χ0n) is 19.2. The molecule has 0 fully saturated rings. The molecule has 0 bridgehead atoms. The SMILES string of the molecule is CCCCC(=O)Nc1cccc(SC(C(=O)Nc2ccc3ccccc3c2)c2ccccc2)c1. The van der Waals surface area contributed by atoms with Crippen molar-refractivity contribution in [1.29, 1.82) is 0 Å². The van der Waals surface area contributed by atoms with Crippen LogP contribution in [0.1, 0.15) is 37.0 Å². The Bertz CT molecular complexity index is 1270. The first kappa shape index (κ1) is 23.6. The van der Waals surface area contributed by atoms with Gasteiger partial charge in [0.2, 0.25) is 11.8 Å². The summed E-state index contributed by atoms with van der Waals surface area (Å²) in [5.41, 5.74) is 2.43. The number of amides is 2. The van der Waals surface area contributed by atoms with E-state index >= 15 is 0 Å². The van der Waals surface area contributed by atoms with Gasteiger partial charge in [-0.1, -0.05) is 80.1 Å². The lowest BCUT2D eigenvalue weighted by molar-refractivity contribution is -0.116. The van der Waals surface area contributed by atoms with E-state index in [1.54, 1.807) is 0 Å². The van der Waals surface area contributed by atoms with Crippen LogP contribution in [0.15, 0.2) is 102 Å². The van der Waals surface area contributed by atoms with Crippen molar-refractivity contribution in [1.82, 2.24) is 0 Å². The molecule has 5 heteroatoms. The third kappa shape index (κ3) is 6.27. The van der Waals surface area contributed by atoms with E-state index in [0.717, 1.165) is 45.4 Å². The molecule has 0 saturated heterocycles. The van der Waals surface area contributed by atoms with Crippen LogP contribution in [0.25, 0.3) is 10.8 Å². The predicted molar refractivity (Wildman–Crippen MR) is 142 cm³/mol. The number of nitrogens with one attached hydrogen (secondary N) is 2. The molecule has 2 N–H and O–H groups in total. The van der Waals surface area contributed by atoms with E-state index in [0.29, 0.717) is 6.42 Å². The number of fused-ring (bicyclic) bond motifs is 1. The number of thioether (sulfide) groups is 1. The van der Waals surface area contributed by atoms with Crippen molar-refractivity contribution in [2.45, 2.75) is 36.3 Å². The molecule has 4 rings (SSSR count). The van der Waals surface area contributed by atoms with Gasteiger partial charge < -0.3 is 10.6 Å². The molecule has 4 nitrogen and oxygen atoms in total. The third-order valence-electron chi connectivity index (χ3n) is 5.49. The molecule has 34 heavy (non-hydrogen) atoms. The first-order valence-electron chi connectivity index (χ1n) is 11.5. The number of carbonyl (C=O) groups is 2. The van der Waals surface area contributed by atoms with Gasteiger partial charge in [0, 0.05) is 22.7 Å². The molecule has 1 atom stereocenters. The highest BCUT2D eigenvalue weighted by Gasteiger charge is 2.22. The molecule has 0 heterocycles. The maximum atomic E-state index is 13.4. The highest BCUT2D eigenvalue weighted by Crippen LogP contribution is 2.37. The van der Waals surface area contributed by atoms with Crippen LogP contribution in [0, 0.1) is 0 Å². The molecule has 4 aromatic carbocycles. The molecule has 0 aliphatic heterocycles. The first-order chi connectivity index (χ1) is 16.6. The predicted octanol–water partition coefficient (Wildman–Crippen LogP) is 7.44. The van der Waals surface area contributed by atoms with Crippen molar-refractivity contribution < 1.29 is 9.59 Å². The summed E-state index contributed by atoms with van der Waals surface area (Å²) < 4.78 is 0. The summed E-state index contributed by atoms with van der Waals surface area (Å²) in [6.45, 7) is 2.07. The van der Waals surface area contributed by atoms with Crippen LogP contribution in [0.2, 0.25) is 0 Å². The van der Waals surface area contributed by atoms with Crippen molar-refractivity contribution >= 4 is 45.7 Å². The molecule has 0 aliphatic rings. The molecule has 2 amide bonds. The quantitative estimate of drug-likeness (QED) is 0.251. The fraction of sp³-hybridized carbons (Fsp3) is 0.172. The van der Waals surface area contributed by atoms with Crippen LogP contribution in [0.3, 0.4) is 0 Å². The standard InChI is InChI=1S/C29H28N2O2S/c1-2-3-16-27(32)30-24-14-9-15-26(20-24)34-28(22-11-5-4-6-12-22)29(33)31-25-18-17-21-10-7-8-13-23(21)19-25/h4-15,17-20,28H,2-3,16H2,1H3,(H,30,32)(H,31,33). The van der Waals surface area contributed by atoms with Gasteiger partial charge in [-0.15, -0.1) is 11.8 Å². The van der Waals surface area contributed by atoms with Gasteiger partial charge in [-0.25, -0.2) is 0 Å². The number of rotatable bonds is 9. The Hall–Kier alpha value is -3.57. The molecule has 0 spiro atoms. The maximum absolute atomic E-state index is 13.4. The second-order valence-electron chi connectivity index (χ2n) is 8.14. The first-order valence-corrected chi connectivity index (χ1v) is 12.4. The van der Waals surface area contributed by atoms with Crippen LogP contribution >= 0.6 is 11.8 Å². The van der Waals surface area contributed by atoms with E-state index in [1.165, 1.54) is 11.8 Å². The molecule has 0 aliphatic carbocycles. The van der Waals surface area contributed by atoms with Crippen molar-refractivity contribution in [3.63, 3.8) is 0 Å². The number of unbranched alkanes of at least 4 members (excludes halogenated alkanes) is 1. The molecular formula is C29H28N2O2S. The van der Waals surface area contributed by atoms with Gasteiger partial charge in [0.05, 0.1) is 0 Å². The van der Waals surface area contributed by atoms with Gasteiger partial charge in [-0.05, 0) is 53.1 Å². The van der Waals surface area contributed by atoms with Gasteiger partial charge in [-0.3, -0.25) is 9.59 Å². The lowest BCUT2D eigenvalue weighted by atomic mass is 10.1. The lowest BCUT2D eigenvalue weighted by Gasteiger charge is -2.18. The maximum Gasteiger partial charge on any atom is 0.242 e. The summed E-state index contributed by atoms with van der Waals surface area (Å²) in [5.74, 6) is -0.0819. The monoisotopic (exact) mass is 468 g/mol. The third-order valence-corrected chi connectivity index (χ3v) is 6.73. The highest BCUT2D eigenvalue weighted by atomic mass is 32.2. The number of benzene rings is 4. The summed E-state index contributed by atoms with van der Waals surface area (Å²) in [7, 11) is 0. The average molecular weight is 469 g/mol. The van der Waals surface area contributed by atoms with Gasteiger partial charge in [0.25, 0.3) is 0 Å². The number of hydrogen-bond acceptors (Lipinski definition) is 3. The molecular weight excluding hydrogens is 440 g/mol. The molecule has 0 aromatic heterocycles. The number of carbonyl (C=O) groups excluding carboxylic acids is 2. The average Bonchev–Trinajstić information content (AvgIpc) is 2.86. The van der Waals surface area contributed by atoms with E-state index < -0.39 is 5.25 Å². The fourth-order valence-corrected chi connectivity index (χ4v) is 4.80. The minimum absolute atomic E-state index is 0.0117. The Balaban J connectivity index is 1.54. The van der Waals surface area contributed by atoms with Crippen molar-refractivity contribution in [2.75, 3.05) is 10.6 Å². The van der Waals surface area contributed by atoms with Crippen LogP contribution in [0.5, 0.6) is 0 Å². The number of anilines is 2. The van der Waals surface area contributed by atoms with Gasteiger partial charge >= 0.3 is 0 Å². The van der Waals surface area contributed by atoms with Gasteiger partial charge in [-0.2, -0.15) is 0 Å². The fourth-order valence-electron chi connectivity index (χ4n) is 3.72. The van der Waals surface area contributed by atoms with E-state index in [9.17, 15) is 9.59 Å². The number of hydrogen-bond donors (Lipinski definition) is 2. The summed E-state index contributed by atoms with van der Waals surface area (Å²) in [5, 5.41) is 7.82. The zero-order chi connectivity index (χ0) is 23.8. The Morgan fingerprint density at radius 1 is 0.765 bits per heavy atom. The second-order valence-corrected chi connectivity index (χ2v) is 9.32. The highest BCUT2D eigenvalue weighted by molar-refractivity contribution is 8.00. The van der Waals surface area contributed by atoms with E-state index in [-0.39, 0.29) is 11.8 Å². The van der Waals surface area contributed by atoms with Crippen molar-refractivity contribution in [2.24, 2.45) is 0 Å². The minimum Gasteiger partial charge on any atom is -0.326 e. The van der Waals surface area contributed by atoms with Crippen LogP contribution in [-0.2, 0) is 9.59 Å². The summed E-state index contributed by atoms with van der Waals surface area (Å²) >= 11 is 1.47. The summed E-state index contributed by atoms with van der Waals surface area (Å²) in [6.07, 6.45) is 2.36. The van der Waals surface area contributed by atoms with Crippen molar-refractivity contribution in [3.8, 4) is 0 Å². The van der Waals surface area contributed by atoms with E-state index in [4.69, 9.17) is 0 Å². The Labute approximate surface area is 204 Å².